The molecule has 0 fully saturated rings. The second kappa shape index (κ2) is 5.53. The minimum Gasteiger partial charge on any atom is -0.380 e. The van der Waals surface area contributed by atoms with E-state index in [4.69, 9.17) is 0 Å². The molecule has 1 amide bonds. The third kappa shape index (κ3) is 3.56. The maximum Gasteiger partial charge on any atom is 0.224 e. The fourth-order valence-corrected chi connectivity index (χ4v) is 1.39. The fraction of sp³-hybridized carbons (Fsp3) is 0.636. The quantitative estimate of drug-likeness (QED) is 0.817. The Morgan fingerprint density at radius 1 is 1.62 bits per heavy atom. The van der Waals surface area contributed by atoms with Crippen LogP contribution in [-0.2, 0) is 11.3 Å². The fourth-order valence-electron chi connectivity index (χ4n) is 1.39. The Bertz CT molecular complexity index is 346. The number of rotatable bonds is 5. The summed E-state index contributed by atoms with van der Waals surface area (Å²) >= 11 is 0. The maximum absolute atomic E-state index is 11.5. The summed E-state index contributed by atoms with van der Waals surface area (Å²) in [7, 11) is 3.54. The third-order valence-corrected chi connectivity index (χ3v) is 2.35. The number of nitrogens with zero attached hydrogens (tertiary/aromatic N) is 3. The molecule has 16 heavy (non-hydrogen) atoms. The van der Waals surface area contributed by atoms with Crippen LogP contribution in [0.25, 0.3) is 0 Å². The Morgan fingerprint density at radius 2 is 2.31 bits per heavy atom. The molecule has 1 heterocycles. The second-order valence-electron chi connectivity index (χ2n) is 4.12. The van der Waals surface area contributed by atoms with E-state index in [1.165, 1.54) is 0 Å². The molecule has 1 aromatic heterocycles. The average molecular weight is 224 g/mol. The van der Waals surface area contributed by atoms with Crippen molar-refractivity contribution >= 4 is 11.6 Å². The largest absolute Gasteiger partial charge is 0.380 e. The molecular formula is C11H20N4O. The van der Waals surface area contributed by atoms with Gasteiger partial charge in [0.25, 0.3) is 0 Å². The molecule has 0 aromatic carbocycles. The lowest BCUT2D eigenvalue weighted by atomic mass is 10.2. The van der Waals surface area contributed by atoms with Gasteiger partial charge in [-0.15, -0.1) is 0 Å². The van der Waals surface area contributed by atoms with Crippen LogP contribution in [0.3, 0.4) is 0 Å². The van der Waals surface area contributed by atoms with E-state index in [0.29, 0.717) is 6.42 Å². The topological polar surface area (TPSA) is 50.2 Å². The van der Waals surface area contributed by atoms with Crippen molar-refractivity contribution in [2.24, 2.45) is 0 Å². The van der Waals surface area contributed by atoms with Crippen LogP contribution in [-0.4, -0.2) is 40.7 Å². The summed E-state index contributed by atoms with van der Waals surface area (Å²) in [6.07, 6.45) is 4.21. The molecule has 0 aliphatic heterocycles. The van der Waals surface area contributed by atoms with Gasteiger partial charge in [-0.3, -0.25) is 9.48 Å². The van der Waals surface area contributed by atoms with Crippen molar-refractivity contribution in [1.29, 1.82) is 0 Å². The Labute approximate surface area is 96.4 Å². The molecule has 1 atom stereocenters. The summed E-state index contributed by atoms with van der Waals surface area (Å²) in [5, 5.41) is 7.41. The maximum atomic E-state index is 11.5. The van der Waals surface area contributed by atoms with Crippen LogP contribution in [0.1, 0.15) is 20.3 Å². The Kier molecular flexibility index (Phi) is 4.34. The summed E-state index contributed by atoms with van der Waals surface area (Å²) < 4.78 is 1.85. The van der Waals surface area contributed by atoms with E-state index in [2.05, 4.69) is 10.4 Å². The van der Waals surface area contributed by atoms with Gasteiger partial charge in [0.2, 0.25) is 5.91 Å². The molecule has 1 aromatic rings. The Hall–Kier alpha value is -1.52. The highest BCUT2D eigenvalue weighted by molar-refractivity contribution is 5.76. The lowest BCUT2D eigenvalue weighted by Crippen LogP contribution is -2.28. The summed E-state index contributed by atoms with van der Waals surface area (Å²) in [6, 6.07) is 0.115. The zero-order chi connectivity index (χ0) is 12.1. The van der Waals surface area contributed by atoms with Crippen LogP contribution in [0, 0.1) is 0 Å². The van der Waals surface area contributed by atoms with Crippen molar-refractivity contribution < 1.29 is 4.79 Å². The number of nitrogens with one attached hydrogen (secondary N) is 1. The molecule has 90 valence electrons. The number of anilines is 1. The average Bonchev–Trinajstić information content (AvgIpc) is 2.65. The van der Waals surface area contributed by atoms with Crippen molar-refractivity contribution in [3.05, 3.63) is 12.4 Å². The molecule has 1 rings (SSSR count). The first-order valence-corrected chi connectivity index (χ1v) is 5.52. The molecule has 5 nitrogen and oxygen atoms in total. The molecule has 0 radical (unpaired) electrons. The van der Waals surface area contributed by atoms with Crippen LogP contribution in [0.15, 0.2) is 12.4 Å². The molecule has 5 heteroatoms. The van der Waals surface area contributed by atoms with Crippen LogP contribution < -0.4 is 5.32 Å². The van der Waals surface area contributed by atoms with Gasteiger partial charge in [0.05, 0.1) is 11.9 Å². The van der Waals surface area contributed by atoms with Gasteiger partial charge in [0, 0.05) is 39.3 Å². The minimum absolute atomic E-state index is 0.115. The normalized spacial score (nSPS) is 12.2. The van der Waals surface area contributed by atoms with Crippen molar-refractivity contribution in [2.45, 2.75) is 32.9 Å². The minimum atomic E-state index is 0.115. The molecule has 0 saturated carbocycles. The summed E-state index contributed by atoms with van der Waals surface area (Å²) in [4.78, 5) is 13.1. The van der Waals surface area contributed by atoms with Crippen LogP contribution in [0.4, 0.5) is 5.69 Å². The predicted molar refractivity (Wildman–Crippen MR) is 64.3 cm³/mol. The van der Waals surface area contributed by atoms with Crippen molar-refractivity contribution in [1.82, 2.24) is 14.7 Å². The van der Waals surface area contributed by atoms with E-state index in [1.54, 1.807) is 25.2 Å². The summed E-state index contributed by atoms with van der Waals surface area (Å²) in [6.45, 7) is 4.88. The number of hydrogen-bond donors (Lipinski definition) is 1. The van der Waals surface area contributed by atoms with E-state index in [1.807, 2.05) is 24.7 Å². The van der Waals surface area contributed by atoms with Crippen LogP contribution >= 0.6 is 0 Å². The number of hydrogen-bond acceptors (Lipinski definition) is 3. The molecule has 0 bridgehead atoms. The van der Waals surface area contributed by atoms with Crippen molar-refractivity contribution in [3.8, 4) is 0 Å². The van der Waals surface area contributed by atoms with Crippen molar-refractivity contribution in [2.75, 3.05) is 19.4 Å². The zero-order valence-corrected chi connectivity index (χ0v) is 10.4. The molecule has 0 spiro atoms. The molecule has 0 saturated heterocycles. The molecule has 1 unspecified atom stereocenters. The van der Waals surface area contributed by atoms with E-state index in [-0.39, 0.29) is 11.9 Å². The lowest BCUT2D eigenvalue weighted by molar-refractivity contribution is -0.128. The van der Waals surface area contributed by atoms with E-state index in [0.717, 1.165) is 12.2 Å². The highest BCUT2D eigenvalue weighted by atomic mass is 16.2. The highest BCUT2D eigenvalue weighted by Gasteiger charge is 2.10. The first-order chi connectivity index (χ1) is 7.52. The highest BCUT2D eigenvalue weighted by Crippen LogP contribution is 2.08. The number of aromatic nitrogens is 2. The third-order valence-electron chi connectivity index (χ3n) is 2.35. The molecule has 0 aliphatic carbocycles. The van der Waals surface area contributed by atoms with Gasteiger partial charge < -0.3 is 10.2 Å². The molecule has 0 aliphatic rings. The summed E-state index contributed by atoms with van der Waals surface area (Å²) in [5.74, 6) is 0.128. The zero-order valence-electron chi connectivity index (χ0n) is 10.4. The lowest BCUT2D eigenvalue weighted by Gasteiger charge is -2.16. The van der Waals surface area contributed by atoms with Gasteiger partial charge in [-0.2, -0.15) is 5.10 Å². The number of carbonyl (C=O) groups is 1. The van der Waals surface area contributed by atoms with Gasteiger partial charge in [0.1, 0.15) is 0 Å². The SMILES string of the molecule is CCn1cc(NC(C)CC(=O)N(C)C)cn1. The standard InChI is InChI=1S/C11H20N4O/c1-5-15-8-10(7-12-15)13-9(2)6-11(16)14(3)4/h7-9,13H,5-6H2,1-4H3. The predicted octanol–water partition coefficient (Wildman–Crippen LogP) is 1.18. The Morgan fingerprint density at radius 3 is 2.81 bits per heavy atom. The van der Waals surface area contributed by atoms with Gasteiger partial charge in [-0.25, -0.2) is 0 Å². The van der Waals surface area contributed by atoms with Crippen molar-refractivity contribution in [3.63, 3.8) is 0 Å². The molecule has 1 N–H and O–H groups in total. The van der Waals surface area contributed by atoms with Crippen LogP contribution in [0.2, 0.25) is 0 Å². The van der Waals surface area contributed by atoms with Gasteiger partial charge in [-0.1, -0.05) is 0 Å². The van der Waals surface area contributed by atoms with E-state index < -0.39 is 0 Å². The first kappa shape index (κ1) is 12.5. The van der Waals surface area contributed by atoms with Gasteiger partial charge in [0.15, 0.2) is 0 Å². The number of carbonyl (C=O) groups excluding carboxylic acids is 1. The Balaban J connectivity index is 2.45. The monoisotopic (exact) mass is 224 g/mol. The van der Waals surface area contributed by atoms with E-state index >= 15 is 0 Å². The number of amides is 1. The second-order valence-corrected chi connectivity index (χ2v) is 4.12. The van der Waals surface area contributed by atoms with E-state index in [9.17, 15) is 4.79 Å². The molecular weight excluding hydrogens is 204 g/mol. The smallest absolute Gasteiger partial charge is 0.224 e. The van der Waals surface area contributed by atoms with Crippen LogP contribution in [0.5, 0.6) is 0 Å². The first-order valence-electron chi connectivity index (χ1n) is 5.52. The number of aryl methyl sites for hydroxylation is 1. The van der Waals surface area contributed by atoms with Gasteiger partial charge >= 0.3 is 0 Å². The summed E-state index contributed by atoms with van der Waals surface area (Å²) in [5.41, 5.74) is 0.959. The van der Waals surface area contributed by atoms with Gasteiger partial charge in [-0.05, 0) is 13.8 Å².